The lowest BCUT2D eigenvalue weighted by molar-refractivity contribution is -0.135. The number of nitrogens with two attached hydrogens (primary N) is 1. The summed E-state index contributed by atoms with van der Waals surface area (Å²) in [5.41, 5.74) is 6.58. The molecule has 8 nitrogen and oxygen atoms in total. The number of nitrogens with zero attached hydrogens (tertiary/aromatic N) is 3. The molecule has 0 aliphatic carbocycles. The summed E-state index contributed by atoms with van der Waals surface area (Å²) < 4.78 is 10.5. The lowest BCUT2D eigenvalue weighted by Gasteiger charge is -2.20. The Morgan fingerprint density at radius 2 is 1.91 bits per heavy atom. The number of rotatable bonds is 7. The highest BCUT2D eigenvalue weighted by Crippen LogP contribution is 2.34. The van der Waals surface area contributed by atoms with Gasteiger partial charge < -0.3 is 25.2 Å². The molecule has 2 aromatic rings. The quantitative estimate of drug-likeness (QED) is 0.790. The molecule has 0 unspecified atom stereocenters. The Hall–Kier alpha value is -2.77. The maximum Gasteiger partial charge on any atom is 0.323 e. The minimum atomic E-state index is -0.951. The second-order valence-corrected chi connectivity index (χ2v) is 4.95. The SMILES string of the molecule is CCCN(CC(=O)O)c1nc(N)c2cc(OC)c(OC)cc2n1. The first kappa shape index (κ1) is 16.6. The van der Waals surface area contributed by atoms with Crippen LogP contribution in [0, 0.1) is 0 Å². The fourth-order valence-corrected chi connectivity index (χ4v) is 2.29. The highest BCUT2D eigenvalue weighted by Gasteiger charge is 2.17. The maximum atomic E-state index is 11.0. The molecule has 0 radical (unpaired) electrons. The van der Waals surface area contributed by atoms with E-state index in [9.17, 15) is 4.79 Å². The van der Waals surface area contributed by atoms with Gasteiger partial charge in [-0.15, -0.1) is 0 Å². The largest absolute Gasteiger partial charge is 0.493 e. The van der Waals surface area contributed by atoms with Crippen LogP contribution in [0.4, 0.5) is 11.8 Å². The van der Waals surface area contributed by atoms with Gasteiger partial charge in [-0.3, -0.25) is 4.79 Å². The van der Waals surface area contributed by atoms with E-state index < -0.39 is 5.97 Å². The fourth-order valence-electron chi connectivity index (χ4n) is 2.29. The van der Waals surface area contributed by atoms with Crippen molar-refractivity contribution in [2.24, 2.45) is 0 Å². The molecule has 0 saturated carbocycles. The molecular weight excluding hydrogens is 300 g/mol. The second kappa shape index (κ2) is 6.99. The normalized spacial score (nSPS) is 10.6. The van der Waals surface area contributed by atoms with Gasteiger partial charge in [0.25, 0.3) is 0 Å². The van der Waals surface area contributed by atoms with Gasteiger partial charge in [-0.25, -0.2) is 4.98 Å². The average Bonchev–Trinajstić information content (AvgIpc) is 2.52. The number of hydrogen-bond acceptors (Lipinski definition) is 7. The Kier molecular flexibility index (Phi) is 5.05. The summed E-state index contributed by atoms with van der Waals surface area (Å²) in [4.78, 5) is 21.3. The van der Waals surface area contributed by atoms with Crippen molar-refractivity contribution in [3.63, 3.8) is 0 Å². The van der Waals surface area contributed by atoms with Gasteiger partial charge in [0.1, 0.15) is 12.4 Å². The van der Waals surface area contributed by atoms with Crippen molar-refractivity contribution < 1.29 is 19.4 Å². The van der Waals surface area contributed by atoms with Gasteiger partial charge in [-0.1, -0.05) is 6.92 Å². The van der Waals surface area contributed by atoms with Crippen molar-refractivity contribution >= 4 is 28.6 Å². The third-order valence-electron chi connectivity index (χ3n) is 3.32. The van der Waals surface area contributed by atoms with E-state index in [1.165, 1.54) is 14.2 Å². The van der Waals surface area contributed by atoms with E-state index in [4.69, 9.17) is 20.3 Å². The minimum absolute atomic E-state index is 0.188. The van der Waals surface area contributed by atoms with Crippen molar-refractivity contribution in [2.45, 2.75) is 13.3 Å². The summed E-state index contributed by atoms with van der Waals surface area (Å²) >= 11 is 0. The number of fused-ring (bicyclic) bond motifs is 1. The second-order valence-electron chi connectivity index (χ2n) is 4.95. The number of aromatic nitrogens is 2. The predicted molar refractivity (Wildman–Crippen MR) is 87.2 cm³/mol. The van der Waals surface area contributed by atoms with Crippen LogP contribution < -0.4 is 20.1 Å². The van der Waals surface area contributed by atoms with Crippen LogP contribution in [0.5, 0.6) is 11.5 Å². The zero-order valence-electron chi connectivity index (χ0n) is 13.4. The molecular formula is C15H20N4O4. The molecule has 1 aromatic heterocycles. The highest BCUT2D eigenvalue weighted by atomic mass is 16.5. The van der Waals surface area contributed by atoms with E-state index in [1.54, 1.807) is 17.0 Å². The van der Waals surface area contributed by atoms with Gasteiger partial charge in [0.2, 0.25) is 5.95 Å². The average molecular weight is 320 g/mol. The Morgan fingerprint density at radius 1 is 1.26 bits per heavy atom. The Bertz CT molecular complexity index is 720. The van der Waals surface area contributed by atoms with Gasteiger partial charge in [-0.2, -0.15) is 4.98 Å². The summed E-state index contributed by atoms with van der Waals surface area (Å²) in [5, 5.41) is 9.66. The Labute approximate surface area is 133 Å². The van der Waals surface area contributed by atoms with Crippen LogP contribution in [0.25, 0.3) is 10.9 Å². The number of anilines is 2. The molecule has 0 fully saturated rings. The number of nitrogen functional groups attached to an aromatic ring is 1. The summed E-state index contributed by atoms with van der Waals surface area (Å²) in [5.74, 6) is 0.639. The molecule has 8 heteroatoms. The molecule has 0 aliphatic rings. The van der Waals surface area contributed by atoms with Gasteiger partial charge in [0, 0.05) is 18.0 Å². The van der Waals surface area contributed by atoms with Crippen LogP contribution in [0.15, 0.2) is 12.1 Å². The van der Waals surface area contributed by atoms with Gasteiger partial charge >= 0.3 is 5.97 Å². The first-order chi connectivity index (χ1) is 11.0. The summed E-state index contributed by atoms with van der Waals surface area (Å²) in [6.45, 7) is 2.28. The molecule has 1 aromatic carbocycles. The van der Waals surface area contributed by atoms with Crippen molar-refractivity contribution in [1.29, 1.82) is 0 Å². The van der Waals surface area contributed by atoms with Crippen molar-refractivity contribution in [3.05, 3.63) is 12.1 Å². The van der Waals surface area contributed by atoms with E-state index in [0.717, 1.165) is 6.42 Å². The van der Waals surface area contributed by atoms with Crippen molar-refractivity contribution in [3.8, 4) is 11.5 Å². The molecule has 3 N–H and O–H groups in total. The van der Waals surface area contributed by atoms with E-state index >= 15 is 0 Å². The van der Waals surface area contributed by atoms with Crippen molar-refractivity contribution in [2.75, 3.05) is 37.9 Å². The maximum absolute atomic E-state index is 11.0. The molecule has 0 atom stereocenters. The zero-order chi connectivity index (χ0) is 17.0. The lowest BCUT2D eigenvalue weighted by Crippen LogP contribution is -2.32. The topological polar surface area (TPSA) is 111 Å². The molecule has 124 valence electrons. The lowest BCUT2D eigenvalue weighted by atomic mass is 10.2. The molecule has 0 spiro atoms. The zero-order valence-corrected chi connectivity index (χ0v) is 13.4. The molecule has 0 amide bonds. The fraction of sp³-hybridized carbons (Fsp3) is 0.400. The Morgan fingerprint density at radius 3 is 2.48 bits per heavy atom. The molecule has 23 heavy (non-hydrogen) atoms. The smallest absolute Gasteiger partial charge is 0.323 e. The number of hydrogen-bond donors (Lipinski definition) is 2. The first-order valence-electron chi connectivity index (χ1n) is 7.16. The van der Waals surface area contributed by atoms with Crippen LogP contribution in [-0.2, 0) is 4.79 Å². The summed E-state index contributed by atoms with van der Waals surface area (Å²) in [6, 6.07) is 3.40. The predicted octanol–water partition coefficient (Wildman–Crippen LogP) is 1.53. The number of methoxy groups -OCH3 is 2. The van der Waals surface area contributed by atoms with Crippen molar-refractivity contribution in [1.82, 2.24) is 9.97 Å². The molecule has 2 rings (SSSR count). The van der Waals surface area contributed by atoms with E-state index in [-0.39, 0.29) is 18.3 Å². The van der Waals surface area contributed by atoms with Gasteiger partial charge in [0.15, 0.2) is 11.5 Å². The number of benzene rings is 1. The van der Waals surface area contributed by atoms with E-state index in [2.05, 4.69) is 9.97 Å². The van der Waals surface area contributed by atoms with Crippen LogP contribution in [0.1, 0.15) is 13.3 Å². The standard InChI is InChI=1S/C15H20N4O4/c1-4-5-19(8-13(20)21)15-17-10-7-12(23-3)11(22-2)6-9(10)14(16)18-15/h6-7H,4-5,8H2,1-3H3,(H,20,21)(H2,16,17,18). The monoisotopic (exact) mass is 320 g/mol. The summed E-state index contributed by atoms with van der Waals surface area (Å²) in [6.07, 6.45) is 0.764. The highest BCUT2D eigenvalue weighted by molar-refractivity contribution is 5.92. The van der Waals surface area contributed by atoms with Crippen LogP contribution in [-0.4, -0.2) is 48.4 Å². The van der Waals surface area contributed by atoms with Gasteiger partial charge in [-0.05, 0) is 12.5 Å². The third kappa shape index (κ3) is 3.53. The number of carboxylic acids is 1. The van der Waals surface area contributed by atoms with Crippen LogP contribution in [0.3, 0.4) is 0 Å². The number of ether oxygens (including phenoxy) is 2. The van der Waals surface area contributed by atoms with E-state index in [1.807, 2.05) is 6.92 Å². The molecule has 1 heterocycles. The number of carbonyl (C=O) groups is 1. The number of carboxylic acid groups (broad SMARTS) is 1. The summed E-state index contributed by atoms with van der Waals surface area (Å²) in [7, 11) is 3.06. The van der Waals surface area contributed by atoms with Crippen LogP contribution >= 0.6 is 0 Å². The molecule has 0 bridgehead atoms. The van der Waals surface area contributed by atoms with Gasteiger partial charge in [0.05, 0.1) is 19.7 Å². The Balaban J connectivity index is 2.56. The first-order valence-corrected chi connectivity index (χ1v) is 7.16. The minimum Gasteiger partial charge on any atom is -0.493 e. The third-order valence-corrected chi connectivity index (χ3v) is 3.32. The number of aliphatic carboxylic acids is 1. The molecule has 0 saturated heterocycles. The molecule has 0 aliphatic heterocycles. The van der Waals surface area contributed by atoms with Crippen LogP contribution in [0.2, 0.25) is 0 Å². The van der Waals surface area contributed by atoms with E-state index in [0.29, 0.717) is 28.9 Å².